The molecule has 0 saturated heterocycles. The third-order valence-corrected chi connectivity index (χ3v) is 9.58. The molecule has 154 valence electrons. The average molecular weight is 393 g/mol. The number of hydrogen-bond donors (Lipinski definition) is 1. The van der Waals surface area contributed by atoms with Crippen LogP contribution >= 0.6 is 11.6 Å². The Morgan fingerprint density at radius 2 is 1.70 bits per heavy atom. The highest BCUT2D eigenvalue weighted by atomic mass is 35.5. The fourth-order valence-corrected chi connectivity index (χ4v) is 8.24. The second-order valence-electron chi connectivity index (χ2n) is 11.0. The predicted molar refractivity (Wildman–Crippen MR) is 115 cm³/mol. The highest BCUT2D eigenvalue weighted by Crippen LogP contribution is 2.60. The number of allylic oxidation sites excluding steroid dienone is 2. The first kappa shape index (κ1) is 20.3. The van der Waals surface area contributed by atoms with Gasteiger partial charge in [-0.1, -0.05) is 52.2 Å². The lowest BCUT2D eigenvalue weighted by molar-refractivity contribution is 0.0120. The number of alkyl halides is 1. The maximum atomic E-state index is 10.1. The van der Waals surface area contributed by atoms with Gasteiger partial charge in [-0.25, -0.2) is 0 Å². The molecule has 2 heteroatoms. The van der Waals surface area contributed by atoms with E-state index in [9.17, 15) is 5.11 Å². The molecule has 0 aliphatic heterocycles. The normalized spacial score (nSPS) is 47.4. The molecule has 0 amide bonds. The summed E-state index contributed by atoms with van der Waals surface area (Å²) in [5.41, 5.74) is 0. The maximum absolute atomic E-state index is 10.1. The van der Waals surface area contributed by atoms with Crippen molar-refractivity contribution in [3.05, 3.63) is 12.2 Å². The largest absolute Gasteiger partial charge is 0.393 e. The Morgan fingerprint density at radius 1 is 0.963 bits per heavy atom. The lowest BCUT2D eigenvalue weighted by atomic mass is 9.55. The lowest BCUT2D eigenvalue weighted by Gasteiger charge is -2.53. The monoisotopic (exact) mass is 392 g/mol. The summed E-state index contributed by atoms with van der Waals surface area (Å²) in [5, 5.41) is 10.1. The Balaban J connectivity index is 1.43. The number of fused-ring (bicyclic) bond motifs is 5. The summed E-state index contributed by atoms with van der Waals surface area (Å²) in [6, 6.07) is 0. The SMILES string of the molecule is CC(C)CCC[C@@H](C)[C@H]1CC[C@@H]2[C@H]3C=C[C@]4(Cl)C[C@@H](O)CC[C@@H]4[C@@H]3CC[C@@H]21. The molecular weight excluding hydrogens is 352 g/mol. The molecule has 1 N–H and O–H groups in total. The van der Waals surface area contributed by atoms with E-state index in [2.05, 4.69) is 32.9 Å². The molecule has 4 aliphatic carbocycles. The molecule has 4 rings (SSSR count). The number of hydrogen-bond acceptors (Lipinski definition) is 1. The van der Waals surface area contributed by atoms with Gasteiger partial charge in [0.15, 0.2) is 0 Å². The minimum Gasteiger partial charge on any atom is -0.393 e. The van der Waals surface area contributed by atoms with Crippen LogP contribution in [0.15, 0.2) is 12.2 Å². The van der Waals surface area contributed by atoms with Crippen LogP contribution in [-0.2, 0) is 0 Å². The minimum absolute atomic E-state index is 0.196. The van der Waals surface area contributed by atoms with Crippen molar-refractivity contribution in [1.29, 1.82) is 0 Å². The van der Waals surface area contributed by atoms with Crippen LogP contribution in [0.25, 0.3) is 0 Å². The smallest absolute Gasteiger partial charge is 0.0681 e. The van der Waals surface area contributed by atoms with Crippen molar-refractivity contribution in [2.45, 2.75) is 96.0 Å². The van der Waals surface area contributed by atoms with Gasteiger partial charge in [-0.15, -0.1) is 11.6 Å². The molecule has 3 saturated carbocycles. The van der Waals surface area contributed by atoms with Gasteiger partial charge in [-0.05, 0) is 92.3 Å². The topological polar surface area (TPSA) is 20.2 Å². The van der Waals surface area contributed by atoms with Crippen molar-refractivity contribution < 1.29 is 5.11 Å². The molecule has 0 spiro atoms. The van der Waals surface area contributed by atoms with Crippen LogP contribution in [0.3, 0.4) is 0 Å². The van der Waals surface area contributed by atoms with E-state index in [-0.39, 0.29) is 11.0 Å². The zero-order valence-corrected chi connectivity index (χ0v) is 18.5. The summed E-state index contributed by atoms with van der Waals surface area (Å²) >= 11 is 7.05. The zero-order valence-electron chi connectivity index (χ0n) is 17.7. The van der Waals surface area contributed by atoms with Gasteiger partial charge in [0, 0.05) is 0 Å². The van der Waals surface area contributed by atoms with Crippen molar-refractivity contribution in [3.63, 3.8) is 0 Å². The van der Waals surface area contributed by atoms with Crippen molar-refractivity contribution in [2.75, 3.05) is 0 Å². The van der Waals surface area contributed by atoms with Crippen LogP contribution in [0.2, 0.25) is 0 Å². The van der Waals surface area contributed by atoms with E-state index in [0.29, 0.717) is 5.92 Å². The van der Waals surface area contributed by atoms with Gasteiger partial charge in [-0.3, -0.25) is 0 Å². The van der Waals surface area contributed by atoms with E-state index in [1.54, 1.807) is 0 Å². The molecule has 0 bridgehead atoms. The Bertz CT molecular complexity index is 542. The summed E-state index contributed by atoms with van der Waals surface area (Å²) in [5.74, 6) is 6.72. The van der Waals surface area contributed by atoms with E-state index in [4.69, 9.17) is 11.6 Å². The van der Waals surface area contributed by atoms with E-state index in [1.807, 2.05) is 0 Å². The van der Waals surface area contributed by atoms with E-state index < -0.39 is 0 Å². The average Bonchev–Trinajstić information content (AvgIpc) is 3.04. The zero-order chi connectivity index (χ0) is 19.2. The first-order valence-electron chi connectivity index (χ1n) is 12.0. The molecule has 0 heterocycles. The fourth-order valence-electron chi connectivity index (χ4n) is 7.71. The molecule has 0 aromatic heterocycles. The number of rotatable bonds is 5. The van der Waals surface area contributed by atoms with Gasteiger partial charge in [0.2, 0.25) is 0 Å². The molecule has 3 fully saturated rings. The molecule has 27 heavy (non-hydrogen) atoms. The number of halogens is 1. The summed E-state index contributed by atoms with van der Waals surface area (Å²) < 4.78 is 0. The van der Waals surface area contributed by atoms with Gasteiger partial charge in [0.1, 0.15) is 0 Å². The minimum atomic E-state index is -0.256. The Morgan fingerprint density at radius 3 is 2.48 bits per heavy atom. The summed E-state index contributed by atoms with van der Waals surface area (Å²) in [7, 11) is 0. The van der Waals surface area contributed by atoms with Gasteiger partial charge in [-0.2, -0.15) is 0 Å². The molecule has 0 radical (unpaired) electrons. The van der Waals surface area contributed by atoms with Crippen molar-refractivity contribution in [2.24, 2.45) is 47.3 Å². The van der Waals surface area contributed by atoms with Crippen LogP contribution in [0.4, 0.5) is 0 Å². The van der Waals surface area contributed by atoms with Crippen molar-refractivity contribution in [3.8, 4) is 0 Å². The quantitative estimate of drug-likeness (QED) is 0.401. The Kier molecular flexibility index (Phi) is 6.02. The number of aliphatic hydroxyl groups is 1. The molecule has 1 nitrogen and oxygen atoms in total. The van der Waals surface area contributed by atoms with Gasteiger partial charge in [0.05, 0.1) is 11.0 Å². The molecule has 0 aromatic rings. The summed E-state index contributed by atoms with van der Waals surface area (Å²) in [6.45, 7) is 7.25. The van der Waals surface area contributed by atoms with E-state index in [1.165, 1.54) is 44.9 Å². The second kappa shape index (κ2) is 8.02. The Hall–Kier alpha value is -0.0100. The van der Waals surface area contributed by atoms with Crippen molar-refractivity contribution >= 4 is 11.6 Å². The molecular formula is C25H41ClO. The molecule has 9 atom stereocenters. The summed E-state index contributed by atoms with van der Waals surface area (Å²) in [6.07, 6.45) is 17.4. The highest BCUT2D eigenvalue weighted by molar-refractivity contribution is 6.25. The van der Waals surface area contributed by atoms with Crippen LogP contribution < -0.4 is 0 Å². The first-order valence-corrected chi connectivity index (χ1v) is 12.3. The van der Waals surface area contributed by atoms with Crippen LogP contribution in [0, 0.1) is 47.3 Å². The molecule has 0 unspecified atom stereocenters. The second-order valence-corrected chi connectivity index (χ2v) is 11.7. The van der Waals surface area contributed by atoms with Gasteiger partial charge in [0.25, 0.3) is 0 Å². The van der Waals surface area contributed by atoms with Crippen molar-refractivity contribution in [1.82, 2.24) is 0 Å². The predicted octanol–water partition coefficient (Wildman–Crippen LogP) is 6.83. The van der Waals surface area contributed by atoms with Crippen LogP contribution in [-0.4, -0.2) is 16.1 Å². The third-order valence-electron chi connectivity index (χ3n) is 9.02. The number of aliphatic hydroxyl groups excluding tert-OH is 1. The standard InChI is InChI=1S/C25H41ClO/c1-16(2)5-4-6-17(3)19-8-9-21-20(19)10-11-23-22(21)13-14-25(26)15-18(27)7-12-24(23)25/h13-14,16-24,27H,4-12,15H2,1-3H3/t17-,18+,19-,20-,21+,22-,23-,24-,25+/m1/s1. The van der Waals surface area contributed by atoms with Crippen LogP contribution in [0.5, 0.6) is 0 Å². The van der Waals surface area contributed by atoms with Gasteiger partial charge >= 0.3 is 0 Å². The third kappa shape index (κ3) is 3.89. The molecule has 4 aliphatic rings. The first-order chi connectivity index (χ1) is 12.9. The fraction of sp³-hybridized carbons (Fsp3) is 0.920. The van der Waals surface area contributed by atoms with Gasteiger partial charge < -0.3 is 5.11 Å². The maximum Gasteiger partial charge on any atom is 0.0681 e. The highest BCUT2D eigenvalue weighted by Gasteiger charge is 2.54. The van der Waals surface area contributed by atoms with Crippen LogP contribution in [0.1, 0.15) is 85.0 Å². The van der Waals surface area contributed by atoms with E-state index in [0.717, 1.165) is 60.7 Å². The lowest BCUT2D eigenvalue weighted by Crippen LogP contribution is -2.50. The molecule has 0 aromatic carbocycles. The van der Waals surface area contributed by atoms with E-state index >= 15 is 0 Å². The summed E-state index contributed by atoms with van der Waals surface area (Å²) in [4.78, 5) is -0.256. The Labute approximate surface area is 172 Å².